The number of rotatable bonds is 5. The maximum absolute atomic E-state index is 5.54. The molecule has 0 aromatic heterocycles. The van der Waals surface area contributed by atoms with Gasteiger partial charge in [0.2, 0.25) is 0 Å². The highest BCUT2D eigenvalue weighted by molar-refractivity contribution is 5.40. The molecule has 1 aromatic carbocycles. The van der Waals surface area contributed by atoms with Gasteiger partial charge in [-0.2, -0.15) is 0 Å². The number of hydrogen-bond donors (Lipinski definition) is 1. The van der Waals surface area contributed by atoms with Gasteiger partial charge in [0.1, 0.15) is 5.75 Å². The molecule has 0 saturated carbocycles. The summed E-state index contributed by atoms with van der Waals surface area (Å²) in [5.74, 6) is 1.69. The standard InChI is InChI=1S/C15H23NO/c1-4-16-12(3)9-11(2)13-5-6-15-14(10-13)7-8-17-15/h5-6,10-12,16H,4,7-9H2,1-3H3. The third-order valence-electron chi connectivity index (χ3n) is 3.54. The smallest absolute Gasteiger partial charge is 0.122 e. The molecule has 2 heteroatoms. The van der Waals surface area contributed by atoms with Gasteiger partial charge in [-0.1, -0.05) is 26.0 Å². The van der Waals surface area contributed by atoms with Crippen molar-refractivity contribution in [2.24, 2.45) is 0 Å². The quantitative estimate of drug-likeness (QED) is 0.843. The first kappa shape index (κ1) is 12.4. The van der Waals surface area contributed by atoms with Crippen molar-refractivity contribution < 1.29 is 4.74 Å². The van der Waals surface area contributed by atoms with Crippen molar-refractivity contribution in [3.05, 3.63) is 29.3 Å². The molecule has 0 aliphatic carbocycles. The fourth-order valence-electron chi connectivity index (χ4n) is 2.61. The van der Waals surface area contributed by atoms with Crippen LogP contribution in [-0.2, 0) is 6.42 Å². The number of fused-ring (bicyclic) bond motifs is 1. The molecule has 2 unspecified atom stereocenters. The van der Waals surface area contributed by atoms with Crippen molar-refractivity contribution >= 4 is 0 Å². The van der Waals surface area contributed by atoms with Gasteiger partial charge in [-0.15, -0.1) is 0 Å². The molecule has 17 heavy (non-hydrogen) atoms. The Labute approximate surface area is 104 Å². The Morgan fingerprint density at radius 1 is 1.35 bits per heavy atom. The number of benzene rings is 1. The van der Waals surface area contributed by atoms with Crippen LogP contribution in [0.25, 0.3) is 0 Å². The summed E-state index contributed by atoms with van der Waals surface area (Å²) in [5, 5.41) is 3.47. The summed E-state index contributed by atoms with van der Waals surface area (Å²) in [6.45, 7) is 8.63. The van der Waals surface area contributed by atoms with E-state index in [1.54, 1.807) is 0 Å². The average molecular weight is 233 g/mol. The minimum atomic E-state index is 0.583. The third-order valence-corrected chi connectivity index (χ3v) is 3.54. The van der Waals surface area contributed by atoms with Crippen LogP contribution in [-0.4, -0.2) is 19.2 Å². The van der Waals surface area contributed by atoms with Crippen LogP contribution in [0.2, 0.25) is 0 Å². The van der Waals surface area contributed by atoms with Crippen molar-refractivity contribution in [3.8, 4) is 5.75 Å². The zero-order chi connectivity index (χ0) is 12.3. The number of ether oxygens (including phenoxy) is 1. The van der Waals surface area contributed by atoms with Gasteiger partial charge in [-0.25, -0.2) is 0 Å². The zero-order valence-corrected chi connectivity index (χ0v) is 11.1. The minimum Gasteiger partial charge on any atom is -0.493 e. The molecule has 1 heterocycles. The monoisotopic (exact) mass is 233 g/mol. The van der Waals surface area contributed by atoms with Crippen molar-refractivity contribution in [2.75, 3.05) is 13.2 Å². The van der Waals surface area contributed by atoms with Gasteiger partial charge in [-0.3, -0.25) is 0 Å². The van der Waals surface area contributed by atoms with Gasteiger partial charge in [0, 0.05) is 12.5 Å². The molecule has 2 nitrogen and oxygen atoms in total. The van der Waals surface area contributed by atoms with Gasteiger partial charge in [0.25, 0.3) is 0 Å². The van der Waals surface area contributed by atoms with Crippen molar-refractivity contribution in [2.45, 2.75) is 45.6 Å². The molecule has 0 saturated heterocycles. The molecule has 1 aromatic rings. The van der Waals surface area contributed by atoms with Crippen LogP contribution >= 0.6 is 0 Å². The van der Waals surface area contributed by atoms with Gasteiger partial charge >= 0.3 is 0 Å². The average Bonchev–Trinajstić information content (AvgIpc) is 2.75. The maximum Gasteiger partial charge on any atom is 0.122 e. The van der Waals surface area contributed by atoms with E-state index in [1.165, 1.54) is 17.5 Å². The lowest BCUT2D eigenvalue weighted by atomic mass is 9.93. The van der Waals surface area contributed by atoms with Crippen LogP contribution in [0.1, 0.15) is 44.2 Å². The molecule has 2 rings (SSSR count). The van der Waals surface area contributed by atoms with E-state index < -0.39 is 0 Å². The summed E-state index contributed by atoms with van der Waals surface area (Å²) >= 11 is 0. The van der Waals surface area contributed by atoms with Crippen LogP contribution in [0.3, 0.4) is 0 Å². The molecular weight excluding hydrogens is 210 g/mol. The second-order valence-electron chi connectivity index (χ2n) is 5.06. The van der Waals surface area contributed by atoms with Crippen molar-refractivity contribution in [1.82, 2.24) is 5.32 Å². The third kappa shape index (κ3) is 3.01. The van der Waals surface area contributed by atoms with E-state index in [0.29, 0.717) is 12.0 Å². The Morgan fingerprint density at radius 2 is 2.18 bits per heavy atom. The van der Waals surface area contributed by atoms with Crippen LogP contribution < -0.4 is 10.1 Å². The normalized spacial score (nSPS) is 17.4. The van der Waals surface area contributed by atoms with Crippen molar-refractivity contribution in [3.63, 3.8) is 0 Å². The first-order chi connectivity index (χ1) is 8.20. The summed E-state index contributed by atoms with van der Waals surface area (Å²) < 4.78 is 5.54. The lowest BCUT2D eigenvalue weighted by Crippen LogP contribution is -2.26. The lowest BCUT2D eigenvalue weighted by molar-refractivity contribution is 0.356. The van der Waals surface area contributed by atoms with Gasteiger partial charge < -0.3 is 10.1 Å². The largest absolute Gasteiger partial charge is 0.493 e. The molecule has 0 spiro atoms. The Bertz CT molecular complexity index is 375. The van der Waals surface area contributed by atoms with E-state index in [0.717, 1.165) is 25.3 Å². The van der Waals surface area contributed by atoms with E-state index in [9.17, 15) is 0 Å². The van der Waals surface area contributed by atoms with Crippen LogP contribution in [0.15, 0.2) is 18.2 Å². The van der Waals surface area contributed by atoms with Gasteiger partial charge in [0.15, 0.2) is 0 Å². The molecule has 0 fully saturated rings. The fraction of sp³-hybridized carbons (Fsp3) is 0.600. The van der Waals surface area contributed by atoms with Crippen molar-refractivity contribution in [1.29, 1.82) is 0 Å². The second kappa shape index (κ2) is 5.54. The summed E-state index contributed by atoms with van der Waals surface area (Å²) in [4.78, 5) is 0. The van der Waals surface area contributed by atoms with Gasteiger partial charge in [-0.05, 0) is 43.0 Å². The molecule has 0 bridgehead atoms. The van der Waals surface area contributed by atoms with Crippen LogP contribution in [0, 0.1) is 0 Å². The summed E-state index contributed by atoms with van der Waals surface area (Å²) in [6, 6.07) is 7.25. The lowest BCUT2D eigenvalue weighted by Gasteiger charge is -2.18. The predicted octanol–water partition coefficient (Wildman–Crippen LogP) is 3.11. The number of nitrogens with one attached hydrogen (secondary N) is 1. The van der Waals surface area contributed by atoms with Gasteiger partial charge in [0.05, 0.1) is 6.61 Å². The highest BCUT2D eigenvalue weighted by Crippen LogP contribution is 2.30. The molecule has 0 radical (unpaired) electrons. The first-order valence-electron chi connectivity index (χ1n) is 6.69. The Hall–Kier alpha value is -1.02. The van der Waals surface area contributed by atoms with E-state index in [1.807, 2.05) is 0 Å². The van der Waals surface area contributed by atoms with Crippen LogP contribution in [0.5, 0.6) is 5.75 Å². The second-order valence-corrected chi connectivity index (χ2v) is 5.06. The Morgan fingerprint density at radius 3 is 2.94 bits per heavy atom. The predicted molar refractivity (Wildman–Crippen MR) is 71.8 cm³/mol. The van der Waals surface area contributed by atoms with E-state index >= 15 is 0 Å². The maximum atomic E-state index is 5.54. The molecule has 2 atom stereocenters. The highest BCUT2D eigenvalue weighted by Gasteiger charge is 2.15. The van der Waals surface area contributed by atoms with E-state index in [4.69, 9.17) is 4.74 Å². The molecule has 94 valence electrons. The summed E-state index contributed by atoms with van der Waals surface area (Å²) in [7, 11) is 0. The molecule has 1 aliphatic heterocycles. The highest BCUT2D eigenvalue weighted by atomic mass is 16.5. The first-order valence-corrected chi connectivity index (χ1v) is 6.69. The van der Waals surface area contributed by atoms with Crippen LogP contribution in [0.4, 0.5) is 0 Å². The van der Waals surface area contributed by atoms with E-state index in [-0.39, 0.29) is 0 Å². The fourth-order valence-corrected chi connectivity index (χ4v) is 2.61. The minimum absolute atomic E-state index is 0.583. The number of hydrogen-bond acceptors (Lipinski definition) is 2. The van der Waals surface area contributed by atoms with E-state index in [2.05, 4.69) is 44.3 Å². The topological polar surface area (TPSA) is 21.3 Å². The Balaban J connectivity index is 2.01. The Kier molecular flexibility index (Phi) is 4.06. The SMILES string of the molecule is CCNC(C)CC(C)c1ccc2c(c1)CCO2. The molecular formula is C15H23NO. The molecule has 1 N–H and O–H groups in total. The summed E-state index contributed by atoms with van der Waals surface area (Å²) in [5.41, 5.74) is 2.82. The molecule has 0 amide bonds. The molecule has 1 aliphatic rings. The summed E-state index contributed by atoms with van der Waals surface area (Å²) in [6.07, 6.45) is 2.26. The zero-order valence-electron chi connectivity index (χ0n) is 11.1.